The molecule has 0 aliphatic rings. The van der Waals surface area contributed by atoms with Gasteiger partial charge in [0.15, 0.2) is 4.96 Å². The van der Waals surface area contributed by atoms with Crippen LogP contribution < -0.4 is 10.3 Å². The lowest BCUT2D eigenvalue weighted by Gasteiger charge is -2.08. The highest BCUT2D eigenvalue weighted by atomic mass is 32.2. The van der Waals surface area contributed by atoms with Crippen LogP contribution in [0.2, 0.25) is 0 Å². The third-order valence-electron chi connectivity index (χ3n) is 3.92. The van der Waals surface area contributed by atoms with E-state index in [9.17, 15) is 13.2 Å². The van der Waals surface area contributed by atoms with Crippen LogP contribution >= 0.6 is 22.7 Å². The monoisotopic (exact) mass is 417 g/mol. The van der Waals surface area contributed by atoms with E-state index in [2.05, 4.69) is 9.71 Å². The lowest BCUT2D eigenvalue weighted by Crippen LogP contribution is -2.14. The van der Waals surface area contributed by atoms with Gasteiger partial charge in [-0.25, -0.2) is 13.4 Å². The van der Waals surface area contributed by atoms with Crippen molar-refractivity contribution in [1.82, 2.24) is 9.38 Å². The number of nitrogens with one attached hydrogen (secondary N) is 1. The molecule has 1 aromatic carbocycles. The van der Waals surface area contributed by atoms with Crippen molar-refractivity contribution >= 4 is 43.3 Å². The lowest BCUT2D eigenvalue weighted by atomic mass is 10.1. The highest BCUT2D eigenvalue weighted by Gasteiger charge is 2.17. The Morgan fingerprint density at radius 2 is 1.93 bits per heavy atom. The predicted octanol–water partition coefficient (Wildman–Crippen LogP) is 3.90. The number of rotatable bonds is 4. The second kappa shape index (κ2) is 6.59. The minimum absolute atomic E-state index is 0.159. The van der Waals surface area contributed by atoms with Crippen molar-refractivity contribution in [1.29, 1.82) is 0 Å². The Labute approximate surface area is 163 Å². The van der Waals surface area contributed by atoms with Gasteiger partial charge in [-0.05, 0) is 38.1 Å². The molecule has 3 heterocycles. The van der Waals surface area contributed by atoms with E-state index in [-0.39, 0.29) is 9.77 Å². The van der Waals surface area contributed by atoms with E-state index in [1.807, 2.05) is 18.4 Å². The summed E-state index contributed by atoms with van der Waals surface area (Å²) < 4.78 is 29.5. The number of thiazole rings is 1. The van der Waals surface area contributed by atoms with Crippen LogP contribution in [0, 0.1) is 13.8 Å². The molecule has 4 rings (SSSR count). The zero-order valence-electron chi connectivity index (χ0n) is 14.5. The number of fused-ring (bicyclic) bond motifs is 1. The highest BCUT2D eigenvalue weighted by molar-refractivity contribution is 7.94. The quantitative estimate of drug-likeness (QED) is 0.546. The molecule has 3 aromatic heterocycles. The third kappa shape index (κ3) is 3.41. The van der Waals surface area contributed by atoms with Crippen LogP contribution in [0.25, 0.3) is 16.2 Å². The Bertz CT molecular complexity index is 1320. The van der Waals surface area contributed by atoms with Gasteiger partial charge < -0.3 is 0 Å². The highest BCUT2D eigenvalue weighted by Crippen LogP contribution is 2.28. The minimum Gasteiger partial charge on any atom is -0.279 e. The van der Waals surface area contributed by atoms with Crippen LogP contribution in [-0.4, -0.2) is 17.8 Å². The van der Waals surface area contributed by atoms with Gasteiger partial charge in [0, 0.05) is 33.3 Å². The summed E-state index contributed by atoms with van der Waals surface area (Å²) in [6.45, 7) is 3.64. The molecule has 0 aliphatic carbocycles. The second-order valence-corrected chi connectivity index (χ2v) is 10.1. The number of aryl methyl sites for hydroxylation is 2. The smallest absolute Gasteiger partial charge is 0.271 e. The molecule has 1 N–H and O–H groups in total. The van der Waals surface area contributed by atoms with Gasteiger partial charge in [0.1, 0.15) is 4.21 Å². The van der Waals surface area contributed by atoms with Crippen LogP contribution in [0.15, 0.2) is 56.8 Å². The fourth-order valence-electron chi connectivity index (χ4n) is 2.73. The van der Waals surface area contributed by atoms with Crippen molar-refractivity contribution in [2.45, 2.75) is 18.1 Å². The van der Waals surface area contributed by atoms with Crippen molar-refractivity contribution in [3.8, 4) is 11.3 Å². The van der Waals surface area contributed by atoms with Gasteiger partial charge in [0.2, 0.25) is 0 Å². The number of thiophene rings is 1. The number of aromatic nitrogens is 2. The summed E-state index contributed by atoms with van der Waals surface area (Å²) in [5, 5.41) is 1.85. The van der Waals surface area contributed by atoms with Gasteiger partial charge in [-0.2, -0.15) is 0 Å². The Balaban J connectivity index is 1.75. The summed E-state index contributed by atoms with van der Waals surface area (Å²) in [4.78, 5) is 18.3. The molecule has 9 heteroatoms. The zero-order chi connectivity index (χ0) is 19.2. The number of sulfonamides is 1. The van der Waals surface area contributed by atoms with Crippen molar-refractivity contribution in [2.24, 2.45) is 0 Å². The van der Waals surface area contributed by atoms with Crippen molar-refractivity contribution in [3.05, 3.63) is 68.8 Å². The molecule has 6 nitrogen and oxygen atoms in total. The van der Waals surface area contributed by atoms with E-state index in [1.54, 1.807) is 37.3 Å². The summed E-state index contributed by atoms with van der Waals surface area (Å²) in [5.41, 5.74) is 2.36. The van der Waals surface area contributed by atoms with Crippen LogP contribution in [0.4, 0.5) is 5.69 Å². The number of hydrogen-bond acceptors (Lipinski definition) is 6. The van der Waals surface area contributed by atoms with E-state index < -0.39 is 10.0 Å². The molecule has 27 heavy (non-hydrogen) atoms. The molecule has 0 radical (unpaired) electrons. The SMILES string of the molecule is Cc1cc(=O)n2c(-c3cccc(NS(=O)(=O)c4ccc(C)s4)c3)csc2n1. The standard InChI is InChI=1S/C18H15N3O3S3/c1-11-8-16(22)21-15(10-25-18(21)19-11)13-4-3-5-14(9-13)20-27(23,24)17-7-6-12(2)26-17/h3-10,20H,1-2H3. The molecule has 0 atom stereocenters. The van der Waals surface area contributed by atoms with Gasteiger partial charge in [-0.15, -0.1) is 22.7 Å². The summed E-state index contributed by atoms with van der Waals surface area (Å²) >= 11 is 2.59. The summed E-state index contributed by atoms with van der Waals surface area (Å²) in [6, 6.07) is 11.8. The van der Waals surface area contributed by atoms with Crippen LogP contribution in [0.1, 0.15) is 10.6 Å². The van der Waals surface area contributed by atoms with Crippen LogP contribution in [0.3, 0.4) is 0 Å². The van der Waals surface area contributed by atoms with Crippen LogP contribution in [-0.2, 0) is 10.0 Å². The predicted molar refractivity (Wildman–Crippen MR) is 109 cm³/mol. The maximum Gasteiger partial charge on any atom is 0.271 e. The third-order valence-corrected chi connectivity index (χ3v) is 7.62. The molecule has 0 unspecified atom stereocenters. The summed E-state index contributed by atoms with van der Waals surface area (Å²) in [7, 11) is -3.64. The van der Waals surface area contributed by atoms with E-state index in [0.717, 1.165) is 10.4 Å². The normalized spacial score (nSPS) is 11.8. The molecule has 0 aliphatic heterocycles. The molecule has 0 bridgehead atoms. The fourth-order valence-corrected chi connectivity index (χ4v) is 6.02. The number of anilines is 1. The average molecular weight is 418 g/mol. The second-order valence-electron chi connectivity index (χ2n) is 6.03. The molecule has 0 saturated heterocycles. The fraction of sp³-hybridized carbons (Fsp3) is 0.111. The first kappa shape index (κ1) is 17.9. The Morgan fingerprint density at radius 1 is 1.11 bits per heavy atom. The van der Waals surface area contributed by atoms with E-state index in [4.69, 9.17) is 0 Å². The van der Waals surface area contributed by atoms with Gasteiger partial charge in [-0.3, -0.25) is 13.9 Å². The zero-order valence-corrected chi connectivity index (χ0v) is 16.9. The van der Waals surface area contributed by atoms with E-state index >= 15 is 0 Å². The van der Waals surface area contributed by atoms with Crippen LogP contribution in [0.5, 0.6) is 0 Å². The topological polar surface area (TPSA) is 80.5 Å². The molecule has 0 fully saturated rings. The molecule has 4 aromatic rings. The molecule has 0 saturated carbocycles. The van der Waals surface area contributed by atoms with E-state index in [0.29, 0.717) is 22.0 Å². The molecular formula is C18H15N3O3S3. The van der Waals surface area contributed by atoms with Crippen molar-refractivity contribution < 1.29 is 8.42 Å². The maximum atomic E-state index is 12.6. The number of hydrogen-bond donors (Lipinski definition) is 1. The summed E-state index contributed by atoms with van der Waals surface area (Å²) in [6.07, 6.45) is 0. The molecule has 138 valence electrons. The first-order valence-corrected chi connectivity index (χ1v) is 11.2. The number of benzene rings is 1. The van der Waals surface area contributed by atoms with Crippen molar-refractivity contribution in [3.63, 3.8) is 0 Å². The minimum atomic E-state index is -3.64. The van der Waals surface area contributed by atoms with Gasteiger partial charge in [-0.1, -0.05) is 12.1 Å². The first-order chi connectivity index (χ1) is 12.8. The van der Waals surface area contributed by atoms with Gasteiger partial charge in [0.25, 0.3) is 15.6 Å². The lowest BCUT2D eigenvalue weighted by molar-refractivity contribution is 0.603. The Kier molecular flexibility index (Phi) is 4.37. The summed E-state index contributed by atoms with van der Waals surface area (Å²) in [5.74, 6) is 0. The molecular weight excluding hydrogens is 402 g/mol. The largest absolute Gasteiger partial charge is 0.279 e. The number of nitrogens with zero attached hydrogens (tertiary/aromatic N) is 2. The first-order valence-electron chi connectivity index (χ1n) is 8.01. The van der Waals surface area contributed by atoms with Gasteiger partial charge in [0.05, 0.1) is 5.69 Å². The van der Waals surface area contributed by atoms with E-state index in [1.165, 1.54) is 33.1 Å². The molecule has 0 amide bonds. The Morgan fingerprint density at radius 3 is 2.67 bits per heavy atom. The van der Waals surface area contributed by atoms with Gasteiger partial charge >= 0.3 is 0 Å². The maximum absolute atomic E-state index is 12.6. The van der Waals surface area contributed by atoms with Crippen molar-refractivity contribution in [2.75, 3.05) is 4.72 Å². The average Bonchev–Trinajstić information content (AvgIpc) is 3.21. The molecule has 0 spiro atoms. The Hall–Kier alpha value is -2.49.